The quantitative estimate of drug-likeness (QED) is 0.509. The van der Waals surface area contributed by atoms with Crippen molar-refractivity contribution in [1.82, 2.24) is 0 Å². The number of rotatable bonds is 4. The molecule has 2 nitrogen and oxygen atoms in total. The van der Waals surface area contributed by atoms with Gasteiger partial charge >= 0.3 is 12.1 Å². The molecule has 1 unspecified atom stereocenters. The van der Waals surface area contributed by atoms with Crippen molar-refractivity contribution in [3.05, 3.63) is 12.7 Å². The standard InChI is InChI=1S/C8H11F3O2/c1-3-5-6(8(9,10)11)7(12)13-4-2/h3,6H,1,4-5H2,2H3. The number of ether oxygens (including phenoxy) is 1. The highest BCUT2D eigenvalue weighted by Crippen LogP contribution is 2.30. The lowest BCUT2D eigenvalue weighted by atomic mass is 10.1. The van der Waals surface area contributed by atoms with Crippen molar-refractivity contribution in [3.8, 4) is 0 Å². The molecule has 1 atom stereocenters. The summed E-state index contributed by atoms with van der Waals surface area (Å²) in [5, 5.41) is 0. The smallest absolute Gasteiger partial charge is 0.402 e. The molecule has 0 heterocycles. The van der Waals surface area contributed by atoms with E-state index in [0.29, 0.717) is 0 Å². The fourth-order valence-corrected chi connectivity index (χ4v) is 0.773. The Balaban J connectivity index is 4.41. The topological polar surface area (TPSA) is 26.3 Å². The summed E-state index contributed by atoms with van der Waals surface area (Å²) in [4.78, 5) is 10.8. The SMILES string of the molecule is C=CCC(C(=O)OCC)C(F)(F)F. The molecule has 0 aromatic rings. The zero-order chi connectivity index (χ0) is 10.5. The summed E-state index contributed by atoms with van der Waals surface area (Å²) in [5.74, 6) is -3.32. The molecule has 0 bridgehead atoms. The monoisotopic (exact) mass is 196 g/mol. The first-order chi connectivity index (χ1) is 5.93. The third kappa shape index (κ3) is 3.96. The van der Waals surface area contributed by atoms with Crippen molar-refractivity contribution in [2.45, 2.75) is 19.5 Å². The van der Waals surface area contributed by atoms with E-state index in [1.165, 1.54) is 6.92 Å². The van der Waals surface area contributed by atoms with E-state index in [4.69, 9.17) is 0 Å². The van der Waals surface area contributed by atoms with E-state index in [1.54, 1.807) is 0 Å². The molecule has 0 saturated heterocycles. The maximum absolute atomic E-state index is 12.1. The minimum absolute atomic E-state index is 0.0530. The lowest BCUT2D eigenvalue weighted by Crippen LogP contribution is -2.31. The van der Waals surface area contributed by atoms with Gasteiger partial charge in [-0.15, -0.1) is 6.58 Å². The third-order valence-electron chi connectivity index (χ3n) is 1.37. The van der Waals surface area contributed by atoms with Crippen LogP contribution in [0.4, 0.5) is 13.2 Å². The lowest BCUT2D eigenvalue weighted by Gasteiger charge is -2.16. The van der Waals surface area contributed by atoms with Crippen LogP contribution < -0.4 is 0 Å². The zero-order valence-electron chi connectivity index (χ0n) is 7.23. The third-order valence-corrected chi connectivity index (χ3v) is 1.37. The number of hydrogen-bond acceptors (Lipinski definition) is 2. The van der Waals surface area contributed by atoms with Gasteiger partial charge in [0.2, 0.25) is 0 Å². The minimum Gasteiger partial charge on any atom is -0.466 e. The molecule has 0 N–H and O–H groups in total. The highest BCUT2D eigenvalue weighted by Gasteiger charge is 2.44. The van der Waals surface area contributed by atoms with Crippen LogP contribution in [0, 0.1) is 5.92 Å². The Bertz CT molecular complexity index is 186. The van der Waals surface area contributed by atoms with Crippen LogP contribution in [0.15, 0.2) is 12.7 Å². The molecule has 0 saturated carbocycles. The average Bonchev–Trinajstić information content (AvgIpc) is 1.98. The molecule has 0 spiro atoms. The highest BCUT2D eigenvalue weighted by molar-refractivity contribution is 5.73. The molecular weight excluding hydrogens is 185 g/mol. The number of halogens is 3. The first-order valence-corrected chi connectivity index (χ1v) is 3.77. The van der Waals surface area contributed by atoms with Gasteiger partial charge in [-0.2, -0.15) is 13.2 Å². The number of esters is 1. The van der Waals surface area contributed by atoms with E-state index in [2.05, 4.69) is 11.3 Å². The maximum atomic E-state index is 12.1. The van der Waals surface area contributed by atoms with Gasteiger partial charge in [-0.3, -0.25) is 4.79 Å². The summed E-state index contributed by atoms with van der Waals surface area (Å²) in [7, 11) is 0. The Morgan fingerprint density at radius 3 is 2.46 bits per heavy atom. The number of hydrogen-bond donors (Lipinski definition) is 0. The highest BCUT2D eigenvalue weighted by atomic mass is 19.4. The summed E-state index contributed by atoms with van der Waals surface area (Å²) < 4.78 is 40.7. The predicted molar refractivity (Wildman–Crippen MR) is 41.0 cm³/mol. The molecule has 13 heavy (non-hydrogen) atoms. The Kier molecular flexibility index (Phi) is 4.51. The van der Waals surface area contributed by atoms with Crippen LogP contribution in [0.1, 0.15) is 13.3 Å². The molecule has 76 valence electrons. The zero-order valence-corrected chi connectivity index (χ0v) is 7.23. The fraction of sp³-hybridized carbons (Fsp3) is 0.625. The molecule has 0 aromatic heterocycles. The number of carbonyl (C=O) groups is 1. The van der Waals surface area contributed by atoms with Gasteiger partial charge in [0.15, 0.2) is 5.92 Å². The van der Waals surface area contributed by atoms with E-state index >= 15 is 0 Å². The van der Waals surface area contributed by atoms with E-state index in [-0.39, 0.29) is 6.61 Å². The molecular formula is C8H11F3O2. The fourth-order valence-electron chi connectivity index (χ4n) is 0.773. The summed E-state index contributed by atoms with van der Waals surface area (Å²) in [5.41, 5.74) is 0. The van der Waals surface area contributed by atoms with Gasteiger partial charge in [0.25, 0.3) is 0 Å². The van der Waals surface area contributed by atoms with E-state index in [0.717, 1.165) is 6.08 Å². The van der Waals surface area contributed by atoms with Gasteiger partial charge < -0.3 is 4.74 Å². The molecule has 0 rings (SSSR count). The Morgan fingerprint density at radius 2 is 2.15 bits per heavy atom. The van der Waals surface area contributed by atoms with Crippen LogP contribution in [-0.2, 0) is 9.53 Å². The first-order valence-electron chi connectivity index (χ1n) is 3.77. The van der Waals surface area contributed by atoms with Crippen molar-refractivity contribution < 1.29 is 22.7 Å². The Labute approximate surface area is 74.4 Å². The summed E-state index contributed by atoms with van der Waals surface area (Å²) in [6, 6.07) is 0. The van der Waals surface area contributed by atoms with Gasteiger partial charge in [0.05, 0.1) is 6.61 Å². The van der Waals surface area contributed by atoms with Crippen LogP contribution in [0.5, 0.6) is 0 Å². The van der Waals surface area contributed by atoms with Crippen LogP contribution in [0.2, 0.25) is 0 Å². The molecule has 0 amide bonds. The molecule has 5 heteroatoms. The van der Waals surface area contributed by atoms with Crippen LogP contribution in [-0.4, -0.2) is 18.8 Å². The van der Waals surface area contributed by atoms with Crippen LogP contribution in [0.25, 0.3) is 0 Å². The van der Waals surface area contributed by atoms with Gasteiger partial charge in [-0.05, 0) is 13.3 Å². The normalized spacial score (nSPS) is 13.5. The van der Waals surface area contributed by atoms with Crippen molar-refractivity contribution in [2.24, 2.45) is 5.92 Å². The number of carbonyl (C=O) groups excluding carboxylic acids is 1. The second kappa shape index (κ2) is 4.89. The number of alkyl halides is 3. The molecule has 0 aliphatic heterocycles. The van der Waals surface area contributed by atoms with Gasteiger partial charge in [0.1, 0.15) is 0 Å². The summed E-state index contributed by atoms with van der Waals surface area (Å²) >= 11 is 0. The second-order valence-electron chi connectivity index (χ2n) is 2.37. The maximum Gasteiger partial charge on any atom is 0.402 e. The van der Waals surface area contributed by atoms with Crippen molar-refractivity contribution in [1.29, 1.82) is 0 Å². The van der Waals surface area contributed by atoms with Crippen LogP contribution in [0.3, 0.4) is 0 Å². The largest absolute Gasteiger partial charge is 0.466 e. The van der Waals surface area contributed by atoms with E-state index in [9.17, 15) is 18.0 Å². The molecule has 0 fully saturated rings. The van der Waals surface area contributed by atoms with E-state index in [1.807, 2.05) is 0 Å². The number of allylic oxidation sites excluding steroid dienone is 1. The van der Waals surface area contributed by atoms with E-state index < -0.39 is 24.5 Å². The first kappa shape index (κ1) is 12.0. The molecule has 0 aromatic carbocycles. The lowest BCUT2D eigenvalue weighted by molar-refractivity contribution is -0.196. The second-order valence-corrected chi connectivity index (χ2v) is 2.37. The predicted octanol–water partition coefficient (Wildman–Crippen LogP) is 2.30. The summed E-state index contributed by atoms with van der Waals surface area (Å²) in [6.07, 6.45) is -3.95. The molecule has 0 radical (unpaired) electrons. The van der Waals surface area contributed by atoms with Gasteiger partial charge in [-0.1, -0.05) is 6.08 Å². The van der Waals surface area contributed by atoms with Crippen molar-refractivity contribution in [2.75, 3.05) is 6.61 Å². The van der Waals surface area contributed by atoms with Crippen molar-refractivity contribution in [3.63, 3.8) is 0 Å². The van der Waals surface area contributed by atoms with Gasteiger partial charge in [0, 0.05) is 0 Å². The molecule has 0 aliphatic carbocycles. The Hall–Kier alpha value is -1.00. The van der Waals surface area contributed by atoms with Crippen molar-refractivity contribution >= 4 is 5.97 Å². The van der Waals surface area contributed by atoms with Gasteiger partial charge in [-0.25, -0.2) is 0 Å². The molecule has 0 aliphatic rings. The van der Waals surface area contributed by atoms with Crippen LogP contribution >= 0.6 is 0 Å². The minimum atomic E-state index is -4.56. The summed E-state index contributed by atoms with van der Waals surface area (Å²) in [6.45, 7) is 4.55. The Morgan fingerprint density at radius 1 is 1.62 bits per heavy atom. The average molecular weight is 196 g/mol.